The lowest BCUT2D eigenvalue weighted by molar-refractivity contribution is -0.112. The van der Waals surface area contributed by atoms with Crippen molar-refractivity contribution in [3.63, 3.8) is 0 Å². The Bertz CT molecular complexity index is 977. The fourth-order valence-corrected chi connectivity index (χ4v) is 2.54. The first-order chi connectivity index (χ1) is 13.0. The van der Waals surface area contributed by atoms with Crippen LogP contribution in [0.2, 0.25) is 0 Å². The summed E-state index contributed by atoms with van der Waals surface area (Å²) in [5, 5.41) is 20.3. The van der Waals surface area contributed by atoms with Crippen LogP contribution in [0.1, 0.15) is 5.56 Å². The third-order valence-electron chi connectivity index (χ3n) is 3.36. The molecule has 2 aromatic carbocycles. The summed E-state index contributed by atoms with van der Waals surface area (Å²) in [6.07, 6.45) is 1.33. The maximum atomic E-state index is 13.7. The van der Waals surface area contributed by atoms with Crippen molar-refractivity contribution in [2.24, 2.45) is 0 Å². The van der Waals surface area contributed by atoms with Crippen LogP contribution in [0, 0.1) is 28.5 Å². The Morgan fingerprint density at radius 1 is 1.30 bits per heavy atom. The van der Waals surface area contributed by atoms with Crippen LogP contribution in [0.3, 0.4) is 0 Å². The van der Waals surface area contributed by atoms with Gasteiger partial charge < -0.3 is 14.8 Å². The van der Waals surface area contributed by atoms with Crippen LogP contribution in [0.25, 0.3) is 6.08 Å². The molecule has 1 amide bonds. The van der Waals surface area contributed by atoms with Gasteiger partial charge in [0, 0.05) is 4.47 Å². The first-order valence-corrected chi connectivity index (χ1v) is 8.34. The highest BCUT2D eigenvalue weighted by molar-refractivity contribution is 9.10. The Hall–Kier alpha value is -3.36. The zero-order chi connectivity index (χ0) is 19.8. The summed E-state index contributed by atoms with van der Waals surface area (Å²) in [5.41, 5.74) is 0.212. The molecule has 0 aromatic heterocycles. The summed E-state index contributed by atoms with van der Waals surface area (Å²) in [5.74, 6) is -0.702. The molecule has 0 atom stereocenters. The van der Waals surface area contributed by atoms with Gasteiger partial charge in [0.15, 0.2) is 18.1 Å². The number of rotatable bonds is 6. The van der Waals surface area contributed by atoms with Crippen LogP contribution in [0.5, 0.6) is 11.5 Å². The number of carbonyl (C=O) groups excluding carboxylic acids is 1. The number of methoxy groups -OCH3 is 1. The molecule has 0 radical (unpaired) electrons. The van der Waals surface area contributed by atoms with Crippen LogP contribution in [-0.2, 0) is 4.79 Å². The molecule has 0 fully saturated rings. The lowest BCUT2D eigenvalue weighted by Crippen LogP contribution is -2.14. The normalized spacial score (nSPS) is 10.5. The van der Waals surface area contributed by atoms with Gasteiger partial charge in [-0.25, -0.2) is 4.39 Å². The summed E-state index contributed by atoms with van der Waals surface area (Å²) in [6.45, 7) is -0.160. The van der Waals surface area contributed by atoms with Gasteiger partial charge in [-0.3, -0.25) is 4.79 Å². The van der Waals surface area contributed by atoms with Crippen molar-refractivity contribution >= 4 is 33.6 Å². The molecule has 0 heterocycles. The molecule has 2 rings (SSSR count). The Morgan fingerprint density at radius 3 is 2.67 bits per heavy atom. The molecule has 0 aliphatic rings. The number of nitrogens with zero attached hydrogens (tertiary/aromatic N) is 2. The van der Waals surface area contributed by atoms with Crippen molar-refractivity contribution in [1.29, 1.82) is 10.5 Å². The van der Waals surface area contributed by atoms with Crippen molar-refractivity contribution in [1.82, 2.24) is 0 Å². The van der Waals surface area contributed by atoms with Gasteiger partial charge in [0.25, 0.3) is 5.91 Å². The fraction of sp³-hybridized carbons (Fsp3) is 0.105. The second-order valence-electron chi connectivity index (χ2n) is 5.08. The van der Waals surface area contributed by atoms with Crippen molar-refractivity contribution < 1.29 is 18.7 Å². The first kappa shape index (κ1) is 20.0. The van der Waals surface area contributed by atoms with Gasteiger partial charge in [-0.05, 0) is 35.9 Å². The van der Waals surface area contributed by atoms with Crippen LogP contribution in [-0.4, -0.2) is 19.6 Å². The molecule has 0 spiro atoms. The van der Waals surface area contributed by atoms with Crippen LogP contribution < -0.4 is 14.8 Å². The van der Waals surface area contributed by atoms with Gasteiger partial charge >= 0.3 is 0 Å². The molecule has 1 N–H and O–H groups in total. The number of amides is 1. The maximum absolute atomic E-state index is 13.7. The highest BCUT2D eigenvalue weighted by Crippen LogP contribution is 2.34. The van der Waals surface area contributed by atoms with E-state index in [0.29, 0.717) is 21.5 Å². The second kappa shape index (κ2) is 9.37. The lowest BCUT2D eigenvalue weighted by atomic mass is 10.1. The average Bonchev–Trinajstić information content (AvgIpc) is 2.67. The topological polar surface area (TPSA) is 95.1 Å². The largest absolute Gasteiger partial charge is 0.493 e. The number of carbonyl (C=O) groups is 1. The minimum atomic E-state index is -0.752. The molecule has 8 heteroatoms. The monoisotopic (exact) mass is 429 g/mol. The molecule has 0 saturated carbocycles. The Balaban J connectivity index is 2.34. The van der Waals surface area contributed by atoms with E-state index < -0.39 is 11.7 Å². The van der Waals surface area contributed by atoms with E-state index in [-0.39, 0.29) is 17.9 Å². The number of hydrogen-bond acceptors (Lipinski definition) is 5. The van der Waals surface area contributed by atoms with E-state index in [0.717, 1.165) is 0 Å². The van der Waals surface area contributed by atoms with E-state index in [1.54, 1.807) is 24.3 Å². The fourth-order valence-electron chi connectivity index (χ4n) is 2.10. The molecule has 0 aliphatic heterocycles. The van der Waals surface area contributed by atoms with Gasteiger partial charge in [0.2, 0.25) is 0 Å². The van der Waals surface area contributed by atoms with Crippen LogP contribution in [0.15, 0.2) is 46.4 Å². The number of benzene rings is 2. The number of nitrogens with one attached hydrogen (secondary N) is 1. The summed E-state index contributed by atoms with van der Waals surface area (Å²) >= 11 is 3.32. The van der Waals surface area contributed by atoms with E-state index in [2.05, 4.69) is 21.2 Å². The average molecular weight is 430 g/mol. The molecule has 0 saturated heterocycles. The van der Waals surface area contributed by atoms with Crippen molar-refractivity contribution in [2.45, 2.75) is 0 Å². The second-order valence-corrected chi connectivity index (χ2v) is 5.93. The highest BCUT2D eigenvalue weighted by Gasteiger charge is 2.15. The summed E-state index contributed by atoms with van der Waals surface area (Å²) < 4.78 is 24.7. The highest BCUT2D eigenvalue weighted by atomic mass is 79.9. The van der Waals surface area contributed by atoms with E-state index in [1.807, 2.05) is 6.07 Å². The van der Waals surface area contributed by atoms with E-state index in [1.165, 1.54) is 31.4 Å². The zero-order valence-electron chi connectivity index (χ0n) is 14.1. The number of ether oxygens (including phenoxy) is 2. The van der Waals surface area contributed by atoms with Crippen LogP contribution in [0.4, 0.5) is 10.1 Å². The Morgan fingerprint density at radius 2 is 2.04 bits per heavy atom. The molecular formula is C19H13BrFN3O3. The van der Waals surface area contributed by atoms with E-state index in [9.17, 15) is 14.4 Å². The minimum absolute atomic E-state index is 0.0273. The van der Waals surface area contributed by atoms with Crippen molar-refractivity contribution in [3.8, 4) is 23.6 Å². The number of halogens is 2. The Kier molecular flexibility index (Phi) is 6.93. The third kappa shape index (κ3) is 5.06. The molecular weight excluding hydrogens is 417 g/mol. The molecule has 136 valence electrons. The summed E-state index contributed by atoms with van der Waals surface area (Å²) in [4.78, 5) is 12.3. The van der Waals surface area contributed by atoms with Gasteiger partial charge in [-0.15, -0.1) is 0 Å². The third-order valence-corrected chi connectivity index (χ3v) is 4.05. The SMILES string of the molecule is COc1cc(/C=C(/C#N)C(=O)Nc2ccccc2F)c(Br)cc1OCC#N. The smallest absolute Gasteiger partial charge is 0.266 e. The molecule has 0 bridgehead atoms. The van der Waals surface area contributed by atoms with Crippen molar-refractivity contribution in [2.75, 3.05) is 19.0 Å². The minimum Gasteiger partial charge on any atom is -0.493 e. The zero-order valence-corrected chi connectivity index (χ0v) is 15.7. The predicted octanol–water partition coefficient (Wildman–Crippen LogP) is 4.04. The number of hydrogen-bond donors (Lipinski definition) is 1. The molecule has 0 unspecified atom stereocenters. The van der Waals surface area contributed by atoms with Crippen LogP contribution >= 0.6 is 15.9 Å². The lowest BCUT2D eigenvalue weighted by Gasteiger charge is -2.11. The van der Waals surface area contributed by atoms with E-state index in [4.69, 9.17) is 14.7 Å². The van der Waals surface area contributed by atoms with Gasteiger partial charge in [-0.1, -0.05) is 28.1 Å². The first-order valence-electron chi connectivity index (χ1n) is 7.55. The van der Waals surface area contributed by atoms with E-state index >= 15 is 0 Å². The number of anilines is 1. The van der Waals surface area contributed by atoms with Gasteiger partial charge in [0.1, 0.15) is 23.5 Å². The van der Waals surface area contributed by atoms with Gasteiger partial charge in [-0.2, -0.15) is 10.5 Å². The number of para-hydroxylation sites is 1. The summed E-state index contributed by atoms with van der Waals surface area (Å²) in [7, 11) is 1.42. The molecule has 27 heavy (non-hydrogen) atoms. The standard InChI is InChI=1S/C19H13BrFN3O3/c1-26-17-9-12(14(20)10-18(17)27-7-6-22)8-13(11-23)19(25)24-16-5-3-2-4-15(16)21/h2-5,8-10H,7H2,1H3,(H,24,25)/b13-8-. The quantitative estimate of drug-likeness (QED) is 0.551. The predicted molar refractivity (Wildman–Crippen MR) is 100 cm³/mol. The molecule has 0 aliphatic carbocycles. The summed E-state index contributed by atoms with van der Waals surface area (Å²) in [6, 6.07) is 12.4. The Labute approximate surface area is 163 Å². The molecule has 2 aromatic rings. The maximum Gasteiger partial charge on any atom is 0.266 e. The molecule has 6 nitrogen and oxygen atoms in total. The van der Waals surface area contributed by atoms with Gasteiger partial charge in [0.05, 0.1) is 12.8 Å². The van der Waals surface area contributed by atoms with Crippen molar-refractivity contribution in [3.05, 3.63) is 57.8 Å². The number of nitriles is 2.